The molecule has 1 aliphatic heterocycles. The van der Waals surface area contributed by atoms with Gasteiger partial charge in [-0.25, -0.2) is 9.18 Å². The van der Waals surface area contributed by atoms with E-state index in [2.05, 4.69) is 6.92 Å². The summed E-state index contributed by atoms with van der Waals surface area (Å²) in [6, 6.07) is 3.64. The third kappa shape index (κ3) is 7.49. The predicted octanol–water partition coefficient (Wildman–Crippen LogP) is 8.28. The fourth-order valence-corrected chi connectivity index (χ4v) is 7.12. The first-order valence-electron chi connectivity index (χ1n) is 15.2. The molecule has 1 aromatic carbocycles. The van der Waals surface area contributed by atoms with Gasteiger partial charge in [-0.3, -0.25) is 0 Å². The Morgan fingerprint density at radius 1 is 0.946 bits per heavy atom. The van der Waals surface area contributed by atoms with Gasteiger partial charge in [-0.15, -0.1) is 0 Å². The van der Waals surface area contributed by atoms with Gasteiger partial charge >= 0.3 is 5.97 Å². The van der Waals surface area contributed by atoms with Crippen molar-refractivity contribution in [3.63, 3.8) is 0 Å². The lowest BCUT2D eigenvalue weighted by molar-refractivity contribution is -0.168. The minimum absolute atomic E-state index is 0.0397. The summed E-state index contributed by atoms with van der Waals surface area (Å²) in [4.78, 5) is 12.9. The molecule has 0 bridgehead atoms. The maximum Gasteiger partial charge on any atom is 0.335 e. The van der Waals surface area contributed by atoms with E-state index in [0.717, 1.165) is 42.6 Å². The molecule has 208 valence electrons. The van der Waals surface area contributed by atoms with Crippen LogP contribution in [0.15, 0.2) is 12.1 Å². The van der Waals surface area contributed by atoms with E-state index in [1.165, 1.54) is 64.2 Å². The molecular formula is C32H49FO4. The van der Waals surface area contributed by atoms with E-state index in [-0.39, 0.29) is 23.8 Å². The van der Waals surface area contributed by atoms with Gasteiger partial charge in [0.05, 0.1) is 13.2 Å². The summed E-state index contributed by atoms with van der Waals surface area (Å²) in [6.07, 6.45) is 16.5. The van der Waals surface area contributed by atoms with Gasteiger partial charge in [-0.1, -0.05) is 51.5 Å². The molecule has 2 saturated carbocycles. The molecule has 1 aromatic rings. The number of carbonyl (C=O) groups excluding carboxylic acids is 1. The van der Waals surface area contributed by atoms with E-state index < -0.39 is 6.10 Å². The maximum atomic E-state index is 14.7. The number of unbranched alkanes of at least 4 members (excludes halogenated alkanes) is 2. The highest BCUT2D eigenvalue weighted by Gasteiger charge is 2.35. The van der Waals surface area contributed by atoms with Gasteiger partial charge in [0.1, 0.15) is 6.10 Å². The third-order valence-corrected chi connectivity index (χ3v) is 9.45. The number of hydrogen-bond donors (Lipinski definition) is 0. The van der Waals surface area contributed by atoms with Gasteiger partial charge in [0.25, 0.3) is 0 Å². The molecule has 1 saturated heterocycles. The summed E-state index contributed by atoms with van der Waals surface area (Å²) < 4.78 is 31.9. The van der Waals surface area contributed by atoms with Crippen LogP contribution in [0.4, 0.5) is 4.39 Å². The number of benzene rings is 1. The summed E-state index contributed by atoms with van der Waals surface area (Å²) in [5.74, 6) is 2.55. The molecule has 4 rings (SSSR count). The highest BCUT2D eigenvalue weighted by atomic mass is 19.1. The SMILES string of the molecule is CCCCCC1CCC(C2CCC(OC(=O)C3CCC(c4ccc(OCC)c(F)c4C)CO3)CC2)CC1. The van der Waals surface area contributed by atoms with Crippen LogP contribution in [0.1, 0.15) is 121 Å². The molecule has 3 aliphatic rings. The van der Waals surface area contributed by atoms with E-state index in [4.69, 9.17) is 14.2 Å². The summed E-state index contributed by atoms with van der Waals surface area (Å²) in [5.41, 5.74) is 1.56. The van der Waals surface area contributed by atoms with Gasteiger partial charge in [-0.2, -0.15) is 0 Å². The van der Waals surface area contributed by atoms with Crippen LogP contribution in [0, 0.1) is 30.5 Å². The van der Waals surface area contributed by atoms with Gasteiger partial charge in [0.2, 0.25) is 0 Å². The molecule has 3 fully saturated rings. The first kappa shape index (κ1) is 28.4. The smallest absolute Gasteiger partial charge is 0.335 e. The van der Waals surface area contributed by atoms with E-state index in [1.807, 2.05) is 13.0 Å². The molecule has 2 aliphatic carbocycles. The average Bonchev–Trinajstić information content (AvgIpc) is 2.93. The van der Waals surface area contributed by atoms with E-state index in [1.54, 1.807) is 13.0 Å². The summed E-state index contributed by atoms with van der Waals surface area (Å²) in [7, 11) is 0. The number of hydrogen-bond acceptors (Lipinski definition) is 4. The second kappa shape index (κ2) is 14.0. The molecule has 2 unspecified atom stereocenters. The van der Waals surface area contributed by atoms with Crippen LogP contribution in [-0.2, 0) is 14.3 Å². The number of esters is 1. The van der Waals surface area contributed by atoms with Crippen molar-refractivity contribution in [3.05, 3.63) is 29.1 Å². The predicted molar refractivity (Wildman–Crippen MR) is 145 cm³/mol. The quantitative estimate of drug-likeness (QED) is 0.232. The van der Waals surface area contributed by atoms with Crippen LogP contribution in [0.3, 0.4) is 0 Å². The van der Waals surface area contributed by atoms with E-state index >= 15 is 0 Å². The molecule has 0 N–H and O–H groups in total. The van der Waals surface area contributed by atoms with E-state index in [0.29, 0.717) is 30.9 Å². The van der Waals surface area contributed by atoms with Crippen molar-refractivity contribution in [3.8, 4) is 5.75 Å². The Kier molecular flexibility index (Phi) is 10.7. The lowest BCUT2D eigenvalue weighted by atomic mass is 9.70. The second-order valence-electron chi connectivity index (χ2n) is 11.9. The number of ether oxygens (including phenoxy) is 3. The van der Waals surface area contributed by atoms with Crippen molar-refractivity contribution in [1.82, 2.24) is 0 Å². The van der Waals surface area contributed by atoms with Crippen LogP contribution in [0.5, 0.6) is 5.75 Å². The molecule has 2 atom stereocenters. The van der Waals surface area contributed by atoms with Crippen LogP contribution in [0.25, 0.3) is 0 Å². The lowest BCUT2D eigenvalue weighted by Crippen LogP contribution is -2.37. The van der Waals surface area contributed by atoms with Gasteiger partial charge in [-0.05, 0) is 100 Å². The molecule has 1 heterocycles. The topological polar surface area (TPSA) is 44.8 Å². The minimum Gasteiger partial charge on any atom is -0.491 e. The fraction of sp³-hybridized carbons (Fsp3) is 0.781. The van der Waals surface area contributed by atoms with Crippen molar-refractivity contribution in [2.24, 2.45) is 17.8 Å². The van der Waals surface area contributed by atoms with E-state index in [9.17, 15) is 9.18 Å². The van der Waals surface area contributed by atoms with Crippen LogP contribution in [-0.4, -0.2) is 31.4 Å². The highest BCUT2D eigenvalue weighted by molar-refractivity contribution is 5.75. The zero-order chi connectivity index (χ0) is 26.2. The summed E-state index contributed by atoms with van der Waals surface area (Å²) >= 11 is 0. The van der Waals surface area contributed by atoms with Crippen molar-refractivity contribution >= 4 is 5.97 Å². The molecular weight excluding hydrogens is 467 g/mol. The highest BCUT2D eigenvalue weighted by Crippen LogP contribution is 2.42. The van der Waals surface area contributed by atoms with Gasteiger partial charge in [0, 0.05) is 5.92 Å². The van der Waals surface area contributed by atoms with Crippen molar-refractivity contribution < 1.29 is 23.4 Å². The summed E-state index contributed by atoms with van der Waals surface area (Å²) in [5, 5.41) is 0. The molecule has 4 nitrogen and oxygen atoms in total. The van der Waals surface area contributed by atoms with Crippen LogP contribution >= 0.6 is 0 Å². The summed E-state index contributed by atoms with van der Waals surface area (Å²) in [6.45, 7) is 6.79. The molecule has 0 spiro atoms. The average molecular weight is 517 g/mol. The Hall–Kier alpha value is -1.62. The molecule has 0 aromatic heterocycles. The van der Waals surface area contributed by atoms with Crippen molar-refractivity contribution in [2.75, 3.05) is 13.2 Å². The monoisotopic (exact) mass is 516 g/mol. The largest absolute Gasteiger partial charge is 0.491 e. The molecule has 37 heavy (non-hydrogen) atoms. The molecule has 0 amide bonds. The Labute approximate surface area is 224 Å². The Balaban J connectivity index is 1.16. The van der Waals surface area contributed by atoms with Crippen molar-refractivity contribution in [2.45, 2.75) is 129 Å². The standard InChI is InChI=1S/C32H49FO4/c1-4-6-7-8-23-9-11-24(12-10-23)25-13-16-27(17-14-25)37-32(34)30-19-15-26(21-36-30)28-18-20-29(35-5-2)31(33)22(28)3/h18,20,23-27,30H,4-17,19,21H2,1-3H3. The minimum atomic E-state index is -0.496. The number of halogens is 1. The lowest BCUT2D eigenvalue weighted by Gasteiger charge is -2.38. The number of carbonyl (C=O) groups is 1. The van der Waals surface area contributed by atoms with Gasteiger partial charge in [0.15, 0.2) is 17.7 Å². The molecule has 5 heteroatoms. The first-order chi connectivity index (χ1) is 18.0. The Morgan fingerprint density at radius 2 is 1.65 bits per heavy atom. The first-order valence-corrected chi connectivity index (χ1v) is 15.2. The number of rotatable bonds is 10. The third-order valence-electron chi connectivity index (χ3n) is 9.45. The zero-order valence-corrected chi connectivity index (χ0v) is 23.4. The van der Waals surface area contributed by atoms with Gasteiger partial charge < -0.3 is 14.2 Å². The Bertz CT molecular complexity index is 847. The molecule has 0 radical (unpaired) electrons. The maximum absolute atomic E-state index is 14.7. The normalized spacial score (nSPS) is 30.6. The van der Waals surface area contributed by atoms with Crippen LogP contribution in [0.2, 0.25) is 0 Å². The van der Waals surface area contributed by atoms with Crippen LogP contribution < -0.4 is 4.74 Å². The fourth-order valence-electron chi connectivity index (χ4n) is 7.12. The zero-order valence-electron chi connectivity index (χ0n) is 23.4. The second-order valence-corrected chi connectivity index (χ2v) is 11.9. The Morgan fingerprint density at radius 3 is 2.27 bits per heavy atom. The van der Waals surface area contributed by atoms with Crippen molar-refractivity contribution in [1.29, 1.82) is 0 Å².